The third-order valence-electron chi connectivity index (χ3n) is 2.75. The minimum Gasteiger partial charge on any atom is -0.374 e. The van der Waals surface area contributed by atoms with E-state index in [1.54, 1.807) is 0 Å². The highest BCUT2D eigenvalue weighted by Crippen LogP contribution is 2.25. The average Bonchev–Trinajstić information content (AvgIpc) is 2.28. The van der Waals surface area contributed by atoms with Crippen LogP contribution in [0, 0.1) is 0 Å². The minimum atomic E-state index is 0.153. The van der Waals surface area contributed by atoms with Gasteiger partial charge in [0.25, 0.3) is 0 Å². The highest BCUT2D eigenvalue weighted by molar-refractivity contribution is 5.54. The van der Waals surface area contributed by atoms with E-state index in [0.717, 1.165) is 19.4 Å². The summed E-state index contributed by atoms with van der Waals surface area (Å²) in [4.78, 5) is 2.28. The molecule has 2 heteroatoms. The topological polar surface area (TPSA) is 29.3 Å². The van der Waals surface area contributed by atoms with Crippen LogP contribution in [0.15, 0.2) is 24.3 Å². The van der Waals surface area contributed by atoms with E-state index < -0.39 is 0 Å². The summed E-state index contributed by atoms with van der Waals surface area (Å²) in [7, 11) is 2.13. The van der Waals surface area contributed by atoms with Gasteiger partial charge >= 0.3 is 0 Å². The number of nitrogens with two attached hydrogens (primary N) is 1. The van der Waals surface area contributed by atoms with Gasteiger partial charge in [-0.3, -0.25) is 0 Å². The van der Waals surface area contributed by atoms with Crippen LogP contribution in [0.4, 0.5) is 5.69 Å². The Morgan fingerprint density at radius 1 is 1.27 bits per heavy atom. The molecule has 0 aromatic heterocycles. The molecule has 0 unspecified atom stereocenters. The van der Waals surface area contributed by atoms with E-state index in [9.17, 15) is 0 Å². The molecular weight excluding hydrogens is 184 g/mol. The second kappa shape index (κ2) is 5.76. The summed E-state index contributed by atoms with van der Waals surface area (Å²) < 4.78 is 0. The quantitative estimate of drug-likeness (QED) is 0.802. The van der Waals surface area contributed by atoms with Crippen molar-refractivity contribution in [3.8, 4) is 0 Å². The maximum atomic E-state index is 6.10. The minimum absolute atomic E-state index is 0.153. The van der Waals surface area contributed by atoms with E-state index in [-0.39, 0.29) is 6.04 Å². The molecule has 0 saturated heterocycles. The molecule has 84 valence electrons. The van der Waals surface area contributed by atoms with Crippen molar-refractivity contribution in [3.05, 3.63) is 29.8 Å². The van der Waals surface area contributed by atoms with Crippen molar-refractivity contribution in [2.24, 2.45) is 5.73 Å². The zero-order valence-electron chi connectivity index (χ0n) is 10.0. The van der Waals surface area contributed by atoms with Crippen molar-refractivity contribution in [1.29, 1.82) is 0 Å². The smallest absolute Gasteiger partial charge is 0.0412 e. The molecule has 0 bridgehead atoms. The van der Waals surface area contributed by atoms with Gasteiger partial charge in [0.2, 0.25) is 0 Å². The SMILES string of the molecule is CCCN(C)c1ccccc1[C@H](N)CC. The van der Waals surface area contributed by atoms with Crippen LogP contribution >= 0.6 is 0 Å². The lowest BCUT2D eigenvalue weighted by molar-refractivity contribution is 0.693. The lowest BCUT2D eigenvalue weighted by Crippen LogP contribution is -2.21. The number of hydrogen-bond donors (Lipinski definition) is 1. The maximum Gasteiger partial charge on any atom is 0.0412 e. The molecule has 1 aromatic rings. The summed E-state index contributed by atoms with van der Waals surface area (Å²) in [6.45, 7) is 5.40. The van der Waals surface area contributed by atoms with Gasteiger partial charge in [0.1, 0.15) is 0 Å². The molecular formula is C13H22N2. The molecule has 0 fully saturated rings. The molecule has 0 saturated carbocycles. The van der Waals surface area contributed by atoms with E-state index in [0.29, 0.717) is 0 Å². The lowest BCUT2D eigenvalue weighted by atomic mass is 10.0. The number of hydrogen-bond acceptors (Lipinski definition) is 2. The van der Waals surface area contributed by atoms with Gasteiger partial charge in [-0.25, -0.2) is 0 Å². The predicted molar refractivity (Wildman–Crippen MR) is 67.2 cm³/mol. The van der Waals surface area contributed by atoms with Crippen LogP contribution in [-0.4, -0.2) is 13.6 Å². The summed E-state index contributed by atoms with van der Waals surface area (Å²) in [5.41, 5.74) is 8.63. The van der Waals surface area contributed by atoms with Crippen molar-refractivity contribution >= 4 is 5.69 Å². The van der Waals surface area contributed by atoms with Gasteiger partial charge in [-0.2, -0.15) is 0 Å². The highest BCUT2D eigenvalue weighted by Gasteiger charge is 2.10. The number of anilines is 1. The molecule has 0 aliphatic rings. The predicted octanol–water partition coefficient (Wildman–Crippen LogP) is 2.94. The molecule has 1 rings (SSSR count). The van der Waals surface area contributed by atoms with Gasteiger partial charge in [0.05, 0.1) is 0 Å². The van der Waals surface area contributed by atoms with Crippen molar-refractivity contribution in [2.75, 3.05) is 18.5 Å². The third-order valence-corrected chi connectivity index (χ3v) is 2.75. The van der Waals surface area contributed by atoms with Crippen molar-refractivity contribution in [1.82, 2.24) is 0 Å². The first kappa shape index (κ1) is 12.1. The van der Waals surface area contributed by atoms with Crippen molar-refractivity contribution in [2.45, 2.75) is 32.7 Å². The Hall–Kier alpha value is -1.02. The fraction of sp³-hybridized carbons (Fsp3) is 0.538. The van der Waals surface area contributed by atoms with E-state index in [2.05, 4.69) is 50.1 Å². The number of rotatable bonds is 5. The van der Waals surface area contributed by atoms with Crippen LogP contribution in [-0.2, 0) is 0 Å². The summed E-state index contributed by atoms with van der Waals surface area (Å²) in [6, 6.07) is 8.58. The van der Waals surface area contributed by atoms with Crippen molar-refractivity contribution in [3.63, 3.8) is 0 Å². The Morgan fingerprint density at radius 3 is 2.53 bits per heavy atom. The normalized spacial score (nSPS) is 12.5. The van der Waals surface area contributed by atoms with Crippen LogP contribution < -0.4 is 10.6 Å². The third kappa shape index (κ3) is 2.96. The second-order valence-corrected chi connectivity index (χ2v) is 4.00. The first-order valence-electron chi connectivity index (χ1n) is 5.76. The molecule has 0 aliphatic carbocycles. The molecule has 2 nitrogen and oxygen atoms in total. The average molecular weight is 206 g/mol. The Morgan fingerprint density at radius 2 is 1.93 bits per heavy atom. The van der Waals surface area contributed by atoms with Crippen LogP contribution in [0.1, 0.15) is 38.3 Å². The lowest BCUT2D eigenvalue weighted by Gasteiger charge is -2.24. The highest BCUT2D eigenvalue weighted by atomic mass is 15.1. The first-order chi connectivity index (χ1) is 7.20. The fourth-order valence-corrected chi connectivity index (χ4v) is 1.82. The van der Waals surface area contributed by atoms with E-state index in [1.807, 2.05) is 0 Å². The van der Waals surface area contributed by atoms with Gasteiger partial charge in [-0.1, -0.05) is 32.0 Å². The maximum absolute atomic E-state index is 6.10. The molecule has 0 aliphatic heterocycles. The number of benzene rings is 1. The standard InChI is InChI=1S/C13H22N2/c1-4-10-15(3)13-9-7-6-8-11(13)12(14)5-2/h6-9,12H,4-5,10,14H2,1-3H3/t12-/m1/s1. The summed E-state index contributed by atoms with van der Waals surface area (Å²) in [6.07, 6.45) is 2.14. The zero-order valence-corrected chi connectivity index (χ0v) is 10.0. The van der Waals surface area contributed by atoms with Crippen LogP contribution in [0.2, 0.25) is 0 Å². The van der Waals surface area contributed by atoms with Gasteiger partial charge in [0.15, 0.2) is 0 Å². The van der Waals surface area contributed by atoms with E-state index in [4.69, 9.17) is 5.73 Å². The van der Waals surface area contributed by atoms with E-state index in [1.165, 1.54) is 11.3 Å². The Balaban J connectivity index is 2.95. The van der Waals surface area contributed by atoms with Crippen LogP contribution in [0.3, 0.4) is 0 Å². The first-order valence-corrected chi connectivity index (χ1v) is 5.76. The molecule has 1 atom stereocenters. The molecule has 15 heavy (non-hydrogen) atoms. The van der Waals surface area contributed by atoms with Crippen LogP contribution in [0.5, 0.6) is 0 Å². The molecule has 0 spiro atoms. The molecule has 0 heterocycles. The van der Waals surface area contributed by atoms with Crippen molar-refractivity contribution < 1.29 is 0 Å². The summed E-state index contributed by atoms with van der Waals surface area (Å²) >= 11 is 0. The molecule has 1 aromatic carbocycles. The monoisotopic (exact) mass is 206 g/mol. The Bertz CT molecular complexity index is 296. The van der Waals surface area contributed by atoms with Gasteiger partial charge in [0, 0.05) is 25.3 Å². The molecule has 0 amide bonds. The summed E-state index contributed by atoms with van der Waals surface area (Å²) in [5.74, 6) is 0. The second-order valence-electron chi connectivity index (χ2n) is 4.00. The van der Waals surface area contributed by atoms with Gasteiger partial charge < -0.3 is 10.6 Å². The van der Waals surface area contributed by atoms with Gasteiger partial charge in [-0.15, -0.1) is 0 Å². The molecule has 2 N–H and O–H groups in total. The van der Waals surface area contributed by atoms with Gasteiger partial charge in [-0.05, 0) is 24.5 Å². The molecule has 0 radical (unpaired) electrons. The zero-order chi connectivity index (χ0) is 11.3. The largest absolute Gasteiger partial charge is 0.374 e. The Labute approximate surface area is 93.1 Å². The van der Waals surface area contributed by atoms with Crippen LogP contribution in [0.25, 0.3) is 0 Å². The number of nitrogens with zero attached hydrogens (tertiary/aromatic N) is 1. The Kier molecular flexibility index (Phi) is 4.63. The fourth-order valence-electron chi connectivity index (χ4n) is 1.82. The number of para-hydroxylation sites is 1. The summed E-state index contributed by atoms with van der Waals surface area (Å²) in [5, 5.41) is 0. The van der Waals surface area contributed by atoms with E-state index >= 15 is 0 Å².